The van der Waals surface area contributed by atoms with E-state index in [0.717, 1.165) is 5.92 Å². The van der Waals surface area contributed by atoms with Gasteiger partial charge in [0, 0.05) is 0 Å². The Bertz CT molecular complexity index is 105. The molecule has 1 aliphatic rings. The molecule has 1 aliphatic carbocycles. The zero-order valence-electron chi connectivity index (χ0n) is 9.44. The van der Waals surface area contributed by atoms with Crippen molar-refractivity contribution in [1.82, 2.24) is 0 Å². The van der Waals surface area contributed by atoms with Gasteiger partial charge in [0.05, 0.1) is 0 Å². The van der Waals surface area contributed by atoms with Crippen LogP contribution in [0.1, 0.15) is 71.6 Å². The molecule has 0 aromatic carbocycles. The molecule has 0 heterocycles. The van der Waals surface area contributed by atoms with Crippen molar-refractivity contribution in [2.75, 3.05) is 0 Å². The molecule has 0 amide bonds. The molecule has 1 radical (unpaired) electrons. The summed E-state index contributed by atoms with van der Waals surface area (Å²) in [5.74, 6) is 2.61. The molecule has 1 saturated carbocycles. The van der Waals surface area contributed by atoms with Gasteiger partial charge in [-0.25, -0.2) is 0 Å². The first kappa shape index (κ1) is 11.1. The largest absolute Gasteiger partial charge is 0.0591 e. The van der Waals surface area contributed by atoms with Crippen molar-refractivity contribution in [2.45, 2.75) is 71.6 Å². The topological polar surface area (TPSA) is 0 Å². The molecular weight excluding hydrogens is 156 g/mol. The number of hydrogen-bond donors (Lipinski definition) is 0. The summed E-state index contributed by atoms with van der Waals surface area (Å²) in [6.45, 7) is 4.63. The monoisotopic (exact) mass is 181 g/mol. The van der Waals surface area contributed by atoms with E-state index in [4.69, 9.17) is 0 Å². The predicted octanol–water partition coefficient (Wildman–Crippen LogP) is 4.74. The minimum atomic E-state index is 0.943. The van der Waals surface area contributed by atoms with Crippen molar-refractivity contribution in [3.8, 4) is 0 Å². The van der Waals surface area contributed by atoms with E-state index in [1.807, 2.05) is 0 Å². The maximum absolute atomic E-state index is 2.32. The molecule has 0 spiro atoms. The third-order valence-corrected chi connectivity index (χ3v) is 3.42. The van der Waals surface area contributed by atoms with Gasteiger partial charge in [0.25, 0.3) is 0 Å². The van der Waals surface area contributed by atoms with Crippen LogP contribution in [-0.4, -0.2) is 0 Å². The Morgan fingerprint density at radius 1 is 0.692 bits per heavy atom. The molecule has 13 heavy (non-hydrogen) atoms. The first-order valence-electron chi connectivity index (χ1n) is 6.11. The van der Waals surface area contributed by atoms with E-state index in [0.29, 0.717) is 0 Å². The molecule has 0 aromatic rings. The third-order valence-electron chi connectivity index (χ3n) is 3.42. The summed E-state index contributed by atoms with van der Waals surface area (Å²) in [6.07, 6.45) is 13.3. The van der Waals surface area contributed by atoms with Gasteiger partial charge in [0.2, 0.25) is 0 Å². The molecule has 1 rings (SSSR count). The van der Waals surface area contributed by atoms with E-state index < -0.39 is 0 Å². The van der Waals surface area contributed by atoms with Gasteiger partial charge in [0.15, 0.2) is 0 Å². The smallest absolute Gasteiger partial charge is 0.0272 e. The van der Waals surface area contributed by atoms with Crippen molar-refractivity contribution in [3.63, 3.8) is 0 Å². The zero-order valence-corrected chi connectivity index (χ0v) is 9.44. The van der Waals surface area contributed by atoms with Crippen molar-refractivity contribution in [3.05, 3.63) is 5.92 Å². The molecule has 77 valence electrons. The SMILES string of the molecule is C[C](C)C1CCCCCCCCC1. The minimum Gasteiger partial charge on any atom is -0.0591 e. The van der Waals surface area contributed by atoms with Crippen LogP contribution in [0.2, 0.25) is 0 Å². The Kier molecular flexibility index (Phi) is 5.50. The lowest BCUT2D eigenvalue weighted by Gasteiger charge is -2.21. The van der Waals surface area contributed by atoms with Gasteiger partial charge < -0.3 is 0 Å². The maximum atomic E-state index is 2.32. The fourth-order valence-corrected chi connectivity index (χ4v) is 2.39. The molecule has 0 heteroatoms. The molecule has 1 fully saturated rings. The second-order valence-corrected chi connectivity index (χ2v) is 4.83. The normalized spacial score (nSPS) is 23.3. The van der Waals surface area contributed by atoms with Crippen LogP contribution in [-0.2, 0) is 0 Å². The Hall–Kier alpha value is 0. The lowest BCUT2D eigenvalue weighted by molar-refractivity contribution is 0.401. The molecule has 0 saturated heterocycles. The molecule has 0 unspecified atom stereocenters. The van der Waals surface area contributed by atoms with Crippen LogP contribution in [0.3, 0.4) is 0 Å². The van der Waals surface area contributed by atoms with Gasteiger partial charge >= 0.3 is 0 Å². The lowest BCUT2D eigenvalue weighted by Crippen LogP contribution is -2.07. The second kappa shape index (κ2) is 6.45. The van der Waals surface area contributed by atoms with Crippen molar-refractivity contribution in [2.24, 2.45) is 5.92 Å². The number of rotatable bonds is 1. The van der Waals surface area contributed by atoms with E-state index in [2.05, 4.69) is 13.8 Å². The summed E-state index contributed by atoms with van der Waals surface area (Å²) in [6, 6.07) is 0. The van der Waals surface area contributed by atoms with E-state index in [-0.39, 0.29) is 0 Å². The lowest BCUT2D eigenvalue weighted by atomic mass is 9.85. The van der Waals surface area contributed by atoms with Crippen molar-refractivity contribution < 1.29 is 0 Å². The van der Waals surface area contributed by atoms with Crippen LogP contribution >= 0.6 is 0 Å². The Labute approximate surface area is 84.1 Å². The molecule has 0 atom stereocenters. The first-order valence-corrected chi connectivity index (χ1v) is 6.11. The fourth-order valence-electron chi connectivity index (χ4n) is 2.39. The summed E-state index contributed by atoms with van der Waals surface area (Å²) >= 11 is 0. The van der Waals surface area contributed by atoms with Crippen molar-refractivity contribution >= 4 is 0 Å². The minimum absolute atomic E-state index is 0.943. The van der Waals surface area contributed by atoms with Crippen LogP contribution in [0.5, 0.6) is 0 Å². The fraction of sp³-hybridized carbons (Fsp3) is 0.923. The molecule has 0 bridgehead atoms. The molecule has 0 nitrogen and oxygen atoms in total. The summed E-state index contributed by atoms with van der Waals surface area (Å²) < 4.78 is 0. The van der Waals surface area contributed by atoms with Gasteiger partial charge in [0.1, 0.15) is 0 Å². The van der Waals surface area contributed by atoms with Gasteiger partial charge in [-0.15, -0.1) is 0 Å². The van der Waals surface area contributed by atoms with Gasteiger partial charge in [-0.1, -0.05) is 58.8 Å². The standard InChI is InChI=1S/C13H25/c1-12(2)13-10-8-6-4-3-5-7-9-11-13/h13H,3-11H2,1-2H3. The average molecular weight is 181 g/mol. The van der Waals surface area contributed by atoms with Crippen LogP contribution < -0.4 is 0 Å². The van der Waals surface area contributed by atoms with Crippen LogP contribution in [0, 0.1) is 11.8 Å². The molecule has 0 N–H and O–H groups in total. The molecule has 0 aliphatic heterocycles. The van der Waals surface area contributed by atoms with E-state index >= 15 is 0 Å². The summed E-state index contributed by atoms with van der Waals surface area (Å²) in [7, 11) is 0. The summed E-state index contributed by atoms with van der Waals surface area (Å²) in [4.78, 5) is 0. The highest BCUT2D eigenvalue weighted by molar-refractivity contribution is 4.86. The molecular formula is C13H25. The summed E-state index contributed by atoms with van der Waals surface area (Å²) in [5.41, 5.74) is 0. The number of hydrogen-bond acceptors (Lipinski definition) is 0. The Balaban J connectivity index is 2.26. The van der Waals surface area contributed by atoms with E-state index in [1.165, 1.54) is 57.8 Å². The highest BCUT2D eigenvalue weighted by Crippen LogP contribution is 2.27. The second-order valence-electron chi connectivity index (χ2n) is 4.83. The average Bonchev–Trinajstić information content (AvgIpc) is 2.14. The highest BCUT2D eigenvalue weighted by atomic mass is 14.2. The molecule has 0 aromatic heterocycles. The van der Waals surface area contributed by atoms with Gasteiger partial charge in [-0.3, -0.25) is 0 Å². The van der Waals surface area contributed by atoms with Crippen LogP contribution in [0.15, 0.2) is 0 Å². The quantitative estimate of drug-likeness (QED) is 0.548. The van der Waals surface area contributed by atoms with Crippen LogP contribution in [0.4, 0.5) is 0 Å². The van der Waals surface area contributed by atoms with Gasteiger partial charge in [-0.05, 0) is 24.7 Å². The Morgan fingerprint density at radius 3 is 1.46 bits per heavy atom. The first-order chi connectivity index (χ1) is 6.30. The zero-order chi connectivity index (χ0) is 9.52. The van der Waals surface area contributed by atoms with E-state index in [1.54, 1.807) is 5.92 Å². The maximum Gasteiger partial charge on any atom is -0.0272 e. The van der Waals surface area contributed by atoms with Crippen LogP contribution in [0.25, 0.3) is 0 Å². The van der Waals surface area contributed by atoms with E-state index in [9.17, 15) is 0 Å². The Morgan fingerprint density at radius 2 is 1.08 bits per heavy atom. The highest BCUT2D eigenvalue weighted by Gasteiger charge is 2.13. The summed E-state index contributed by atoms with van der Waals surface area (Å²) in [5, 5.41) is 0. The predicted molar refractivity (Wildman–Crippen MR) is 59.6 cm³/mol. The van der Waals surface area contributed by atoms with Crippen molar-refractivity contribution in [1.29, 1.82) is 0 Å². The third kappa shape index (κ3) is 4.69. The van der Waals surface area contributed by atoms with Gasteiger partial charge in [-0.2, -0.15) is 0 Å².